The average Bonchev–Trinajstić information content (AvgIpc) is 2.55. The van der Waals surface area contributed by atoms with Crippen LogP contribution < -0.4 is 9.64 Å². The number of nitrogens with zero attached hydrogens (tertiary/aromatic N) is 1. The Labute approximate surface area is 137 Å². The van der Waals surface area contributed by atoms with E-state index in [0.29, 0.717) is 12.3 Å². The van der Waals surface area contributed by atoms with Gasteiger partial charge in [-0.2, -0.15) is 0 Å². The summed E-state index contributed by atoms with van der Waals surface area (Å²) in [5.41, 5.74) is 3.16. The Morgan fingerprint density at radius 1 is 1.09 bits per heavy atom. The summed E-state index contributed by atoms with van der Waals surface area (Å²) in [4.78, 5) is 13.9. The van der Waals surface area contributed by atoms with E-state index in [4.69, 9.17) is 9.47 Å². The summed E-state index contributed by atoms with van der Waals surface area (Å²) in [5, 5.41) is 0. The monoisotopic (exact) mass is 313 g/mol. The molecule has 0 aliphatic carbocycles. The lowest BCUT2D eigenvalue weighted by Gasteiger charge is -2.22. The summed E-state index contributed by atoms with van der Waals surface area (Å²) in [6.07, 6.45) is -0.666. The Bertz CT molecular complexity index is 640. The average molecular weight is 313 g/mol. The van der Waals surface area contributed by atoms with Gasteiger partial charge in [0.2, 0.25) is 0 Å². The molecule has 0 saturated carbocycles. The molecule has 0 N–H and O–H groups in total. The highest BCUT2D eigenvalue weighted by Gasteiger charge is 2.10. The Balaban J connectivity index is 1.82. The second-order valence-corrected chi connectivity index (χ2v) is 5.38. The van der Waals surface area contributed by atoms with Crippen molar-refractivity contribution in [1.82, 2.24) is 0 Å². The fraction of sp³-hybridized carbons (Fsp3) is 0.316. The number of hydrogen-bond donors (Lipinski definition) is 0. The second-order valence-electron chi connectivity index (χ2n) is 5.38. The summed E-state index contributed by atoms with van der Waals surface area (Å²) < 4.78 is 10.4. The highest BCUT2D eigenvalue weighted by atomic mass is 16.7. The van der Waals surface area contributed by atoms with Crippen molar-refractivity contribution in [1.29, 1.82) is 0 Å². The number of benzene rings is 2. The van der Waals surface area contributed by atoms with E-state index in [-0.39, 0.29) is 6.61 Å². The van der Waals surface area contributed by atoms with Gasteiger partial charge >= 0.3 is 6.16 Å². The molecule has 2 rings (SSSR count). The van der Waals surface area contributed by atoms with Crippen LogP contribution in [0.5, 0.6) is 5.75 Å². The van der Waals surface area contributed by atoms with Crippen LogP contribution in [0.1, 0.15) is 18.1 Å². The SMILES string of the molecule is CCN(CCOC(=O)Oc1ccc(C)cc1C)c1ccccc1. The lowest BCUT2D eigenvalue weighted by Crippen LogP contribution is -2.28. The van der Waals surface area contributed by atoms with Gasteiger partial charge in [0.1, 0.15) is 12.4 Å². The molecule has 2 aromatic rings. The summed E-state index contributed by atoms with van der Waals surface area (Å²) >= 11 is 0. The molecule has 4 nitrogen and oxygen atoms in total. The molecule has 0 aliphatic heterocycles. The minimum atomic E-state index is -0.666. The van der Waals surface area contributed by atoms with Gasteiger partial charge in [-0.15, -0.1) is 0 Å². The van der Waals surface area contributed by atoms with Gasteiger partial charge in [-0.25, -0.2) is 4.79 Å². The van der Waals surface area contributed by atoms with Gasteiger partial charge < -0.3 is 14.4 Å². The van der Waals surface area contributed by atoms with Crippen LogP contribution in [0.25, 0.3) is 0 Å². The Hall–Kier alpha value is -2.49. The van der Waals surface area contributed by atoms with E-state index in [0.717, 1.165) is 23.4 Å². The van der Waals surface area contributed by atoms with E-state index in [1.54, 1.807) is 6.07 Å². The lowest BCUT2D eigenvalue weighted by molar-refractivity contribution is 0.101. The Morgan fingerprint density at radius 3 is 2.48 bits per heavy atom. The minimum Gasteiger partial charge on any atom is -0.432 e. The smallest absolute Gasteiger partial charge is 0.432 e. The number of likely N-dealkylation sites (N-methyl/N-ethyl adjacent to an activating group) is 1. The van der Waals surface area contributed by atoms with Crippen LogP contribution >= 0.6 is 0 Å². The number of aryl methyl sites for hydroxylation is 2. The standard InChI is InChI=1S/C19H23NO3/c1-4-20(17-8-6-5-7-9-17)12-13-22-19(21)23-18-11-10-15(2)14-16(18)3/h5-11,14H,4,12-13H2,1-3H3. The molecule has 0 radical (unpaired) electrons. The predicted octanol–water partition coefficient (Wildman–Crippen LogP) is 4.35. The molecule has 4 heteroatoms. The zero-order chi connectivity index (χ0) is 16.7. The highest BCUT2D eigenvalue weighted by Crippen LogP contribution is 2.19. The maximum atomic E-state index is 11.8. The topological polar surface area (TPSA) is 38.8 Å². The minimum absolute atomic E-state index is 0.284. The van der Waals surface area contributed by atoms with Crippen molar-refractivity contribution in [2.45, 2.75) is 20.8 Å². The summed E-state index contributed by atoms with van der Waals surface area (Å²) in [7, 11) is 0. The van der Waals surface area contributed by atoms with Crippen molar-refractivity contribution in [3.63, 3.8) is 0 Å². The normalized spacial score (nSPS) is 10.2. The lowest BCUT2D eigenvalue weighted by atomic mass is 10.1. The summed E-state index contributed by atoms with van der Waals surface area (Å²) in [5.74, 6) is 0.538. The van der Waals surface area contributed by atoms with E-state index < -0.39 is 6.16 Å². The molecular formula is C19H23NO3. The number of carbonyl (C=O) groups is 1. The zero-order valence-electron chi connectivity index (χ0n) is 13.9. The van der Waals surface area contributed by atoms with Crippen LogP contribution in [0.15, 0.2) is 48.5 Å². The van der Waals surface area contributed by atoms with Crippen LogP contribution in [-0.2, 0) is 4.74 Å². The number of carbonyl (C=O) groups excluding carboxylic acids is 1. The van der Waals surface area contributed by atoms with E-state index in [2.05, 4.69) is 11.8 Å². The van der Waals surface area contributed by atoms with E-state index >= 15 is 0 Å². The fourth-order valence-electron chi connectivity index (χ4n) is 2.38. The van der Waals surface area contributed by atoms with Crippen LogP contribution in [0, 0.1) is 13.8 Å². The first kappa shape index (κ1) is 16.9. The van der Waals surface area contributed by atoms with Crippen LogP contribution in [0.2, 0.25) is 0 Å². The molecule has 2 aromatic carbocycles. The van der Waals surface area contributed by atoms with Crippen molar-refractivity contribution < 1.29 is 14.3 Å². The zero-order valence-corrected chi connectivity index (χ0v) is 13.9. The van der Waals surface area contributed by atoms with E-state index in [9.17, 15) is 4.79 Å². The molecular weight excluding hydrogens is 290 g/mol. The van der Waals surface area contributed by atoms with Gasteiger partial charge in [-0.3, -0.25) is 0 Å². The maximum absolute atomic E-state index is 11.8. The second kappa shape index (κ2) is 8.22. The quantitative estimate of drug-likeness (QED) is 0.587. The highest BCUT2D eigenvalue weighted by molar-refractivity contribution is 5.64. The Kier molecular flexibility index (Phi) is 6.03. The first-order valence-electron chi connectivity index (χ1n) is 7.82. The third-order valence-corrected chi connectivity index (χ3v) is 3.61. The first-order valence-corrected chi connectivity index (χ1v) is 7.82. The van der Waals surface area contributed by atoms with Gasteiger partial charge in [0.15, 0.2) is 0 Å². The van der Waals surface area contributed by atoms with Gasteiger partial charge in [-0.05, 0) is 44.5 Å². The molecule has 0 aliphatic rings. The van der Waals surface area contributed by atoms with E-state index in [1.807, 2.05) is 56.3 Å². The molecule has 0 heterocycles. The number of hydrogen-bond acceptors (Lipinski definition) is 4. The molecule has 0 spiro atoms. The number of para-hydroxylation sites is 1. The molecule has 23 heavy (non-hydrogen) atoms. The van der Waals surface area contributed by atoms with Gasteiger partial charge in [-0.1, -0.05) is 35.9 Å². The fourth-order valence-corrected chi connectivity index (χ4v) is 2.38. The van der Waals surface area contributed by atoms with Crippen molar-refractivity contribution in [3.05, 3.63) is 59.7 Å². The van der Waals surface area contributed by atoms with Crippen LogP contribution in [0.4, 0.5) is 10.5 Å². The van der Waals surface area contributed by atoms with E-state index in [1.165, 1.54) is 0 Å². The molecule has 0 bridgehead atoms. The molecule has 122 valence electrons. The Morgan fingerprint density at radius 2 is 1.83 bits per heavy atom. The number of anilines is 1. The third kappa shape index (κ3) is 5.02. The predicted molar refractivity (Wildman–Crippen MR) is 92.2 cm³/mol. The molecule has 0 saturated heterocycles. The molecule has 0 atom stereocenters. The largest absolute Gasteiger partial charge is 0.513 e. The molecule has 0 unspecified atom stereocenters. The summed E-state index contributed by atoms with van der Waals surface area (Å²) in [6.45, 7) is 7.73. The number of ether oxygens (including phenoxy) is 2. The molecule has 0 fully saturated rings. The van der Waals surface area contributed by atoms with Crippen molar-refractivity contribution in [3.8, 4) is 5.75 Å². The maximum Gasteiger partial charge on any atom is 0.513 e. The van der Waals surface area contributed by atoms with Crippen LogP contribution in [0.3, 0.4) is 0 Å². The third-order valence-electron chi connectivity index (χ3n) is 3.61. The number of rotatable bonds is 6. The van der Waals surface area contributed by atoms with Gasteiger partial charge in [0.25, 0.3) is 0 Å². The van der Waals surface area contributed by atoms with Crippen molar-refractivity contribution in [2.24, 2.45) is 0 Å². The van der Waals surface area contributed by atoms with Gasteiger partial charge in [0, 0.05) is 12.2 Å². The van der Waals surface area contributed by atoms with Crippen molar-refractivity contribution in [2.75, 3.05) is 24.6 Å². The summed E-state index contributed by atoms with van der Waals surface area (Å²) in [6, 6.07) is 15.7. The first-order chi connectivity index (χ1) is 11.1. The molecule has 0 aromatic heterocycles. The van der Waals surface area contributed by atoms with Crippen LogP contribution in [-0.4, -0.2) is 25.9 Å². The van der Waals surface area contributed by atoms with Crippen molar-refractivity contribution >= 4 is 11.8 Å². The molecule has 0 amide bonds. The van der Waals surface area contributed by atoms with Gasteiger partial charge in [0.05, 0.1) is 6.54 Å².